The molecule has 0 bridgehead atoms. The molecule has 3 rings (SSSR count). The van der Waals surface area contributed by atoms with Crippen LogP contribution in [0, 0.1) is 0 Å². The molecule has 37 heavy (non-hydrogen) atoms. The lowest BCUT2D eigenvalue weighted by Gasteiger charge is -2.15. The molecule has 0 unspecified atom stereocenters. The molecule has 1 aromatic heterocycles. The van der Waals surface area contributed by atoms with Gasteiger partial charge in [0.05, 0.1) is 6.04 Å². The van der Waals surface area contributed by atoms with Gasteiger partial charge in [-0.25, -0.2) is 17.8 Å². The van der Waals surface area contributed by atoms with Crippen LogP contribution in [0.3, 0.4) is 0 Å². The predicted molar refractivity (Wildman–Crippen MR) is 134 cm³/mol. The molecular weight excluding hydrogens is 512 g/mol. The third-order valence-electron chi connectivity index (χ3n) is 5.10. The normalized spacial score (nSPS) is 12.8. The standard InChI is InChI=1S/C25H24F4N4O3S/c1-17(20-8-5-9-21(14-20)33-37(35,36)16-26)31-23(34)13-11-19-10-12-22(25(27,28)29)32-24(19)30-15-18-6-3-2-4-7-18/h2-14,17,33H,15-16H2,1H3,(H,30,32)(H,31,34)/b13-11+/t17-/m1/s1. The van der Waals surface area contributed by atoms with Crippen molar-refractivity contribution in [2.75, 3.05) is 16.0 Å². The monoisotopic (exact) mass is 536 g/mol. The van der Waals surface area contributed by atoms with Crippen LogP contribution in [0.4, 0.5) is 29.1 Å². The molecule has 0 aliphatic heterocycles. The maximum Gasteiger partial charge on any atom is 0.433 e. The molecule has 0 fully saturated rings. The number of benzene rings is 2. The average molecular weight is 537 g/mol. The Morgan fingerprint density at radius 2 is 1.78 bits per heavy atom. The van der Waals surface area contributed by atoms with Gasteiger partial charge in [-0.3, -0.25) is 9.52 Å². The lowest BCUT2D eigenvalue weighted by Crippen LogP contribution is -2.24. The van der Waals surface area contributed by atoms with E-state index in [1.54, 1.807) is 31.2 Å². The molecule has 196 valence electrons. The van der Waals surface area contributed by atoms with Gasteiger partial charge in [-0.2, -0.15) is 13.2 Å². The summed E-state index contributed by atoms with van der Waals surface area (Å²) in [5.74, 6) is -0.584. The number of aromatic nitrogens is 1. The van der Waals surface area contributed by atoms with Crippen molar-refractivity contribution in [3.63, 3.8) is 0 Å². The number of hydrogen-bond donors (Lipinski definition) is 3. The number of rotatable bonds is 10. The first-order valence-electron chi connectivity index (χ1n) is 11.0. The van der Waals surface area contributed by atoms with Crippen molar-refractivity contribution in [3.05, 3.63) is 95.2 Å². The molecule has 0 aliphatic rings. The maximum absolute atomic E-state index is 13.2. The lowest BCUT2D eigenvalue weighted by molar-refractivity contribution is -0.141. The second kappa shape index (κ2) is 11.9. The lowest BCUT2D eigenvalue weighted by atomic mass is 10.1. The highest BCUT2D eigenvalue weighted by Gasteiger charge is 2.33. The second-order valence-electron chi connectivity index (χ2n) is 7.99. The Morgan fingerprint density at radius 1 is 1.05 bits per heavy atom. The van der Waals surface area contributed by atoms with Crippen molar-refractivity contribution < 1.29 is 30.8 Å². The van der Waals surface area contributed by atoms with Gasteiger partial charge < -0.3 is 10.6 Å². The number of carbonyl (C=O) groups is 1. The summed E-state index contributed by atoms with van der Waals surface area (Å²) >= 11 is 0. The second-order valence-corrected chi connectivity index (χ2v) is 9.64. The Hall–Kier alpha value is -3.93. The highest BCUT2D eigenvalue weighted by Crippen LogP contribution is 2.30. The van der Waals surface area contributed by atoms with Crippen LogP contribution in [0.15, 0.2) is 72.8 Å². The Balaban J connectivity index is 1.73. The molecular formula is C25H24F4N4O3S. The Morgan fingerprint density at radius 3 is 2.46 bits per heavy atom. The topological polar surface area (TPSA) is 100 Å². The van der Waals surface area contributed by atoms with Crippen LogP contribution in [0.1, 0.15) is 35.3 Å². The number of sulfonamides is 1. The predicted octanol–water partition coefficient (Wildman–Crippen LogP) is 5.27. The van der Waals surface area contributed by atoms with Crippen molar-refractivity contribution in [2.45, 2.75) is 25.7 Å². The molecule has 0 spiro atoms. The number of anilines is 2. The van der Waals surface area contributed by atoms with Gasteiger partial charge in [-0.05, 0) is 48.4 Å². The maximum atomic E-state index is 13.2. The molecule has 3 aromatic rings. The van der Waals surface area contributed by atoms with Crippen LogP contribution in [-0.4, -0.2) is 25.3 Å². The molecule has 0 saturated carbocycles. The zero-order valence-electron chi connectivity index (χ0n) is 19.6. The summed E-state index contributed by atoms with van der Waals surface area (Å²) in [4.78, 5) is 16.2. The number of pyridine rings is 1. The molecule has 12 heteroatoms. The fourth-order valence-corrected chi connectivity index (χ4v) is 3.81. The van der Waals surface area contributed by atoms with Crippen LogP contribution in [0.5, 0.6) is 0 Å². The zero-order chi connectivity index (χ0) is 27.1. The van der Waals surface area contributed by atoms with E-state index in [1.807, 2.05) is 18.2 Å². The summed E-state index contributed by atoms with van der Waals surface area (Å²) in [5, 5.41) is 5.57. The molecule has 7 nitrogen and oxygen atoms in total. The van der Waals surface area contributed by atoms with E-state index in [2.05, 4.69) is 20.3 Å². The smallest absolute Gasteiger partial charge is 0.365 e. The molecule has 2 aromatic carbocycles. The van der Waals surface area contributed by atoms with Crippen LogP contribution in [-0.2, 0) is 27.5 Å². The van der Waals surface area contributed by atoms with Crippen LogP contribution in [0.25, 0.3) is 6.08 Å². The van der Waals surface area contributed by atoms with Gasteiger partial charge in [-0.15, -0.1) is 0 Å². The summed E-state index contributed by atoms with van der Waals surface area (Å²) in [6.07, 6.45) is -2.14. The van der Waals surface area contributed by atoms with Crippen molar-refractivity contribution in [3.8, 4) is 0 Å². The van der Waals surface area contributed by atoms with E-state index in [0.717, 1.165) is 17.7 Å². The molecule has 1 amide bonds. The molecule has 0 saturated heterocycles. The first kappa shape index (κ1) is 27.7. The minimum Gasteiger partial charge on any atom is -0.365 e. The minimum absolute atomic E-state index is 0.0383. The Bertz CT molecular complexity index is 1360. The van der Waals surface area contributed by atoms with E-state index in [1.165, 1.54) is 24.3 Å². The van der Waals surface area contributed by atoms with Gasteiger partial charge in [0.1, 0.15) is 11.5 Å². The van der Waals surface area contributed by atoms with E-state index in [9.17, 15) is 30.8 Å². The SMILES string of the molecule is C[C@@H](NC(=O)/C=C/c1ccc(C(F)(F)F)nc1NCc1ccccc1)c1cccc(NS(=O)(=O)CF)c1. The van der Waals surface area contributed by atoms with E-state index >= 15 is 0 Å². The van der Waals surface area contributed by atoms with Crippen LogP contribution >= 0.6 is 0 Å². The average Bonchev–Trinajstić information content (AvgIpc) is 2.86. The van der Waals surface area contributed by atoms with Crippen molar-refractivity contribution >= 4 is 33.5 Å². The van der Waals surface area contributed by atoms with E-state index < -0.39 is 39.8 Å². The number of halogens is 4. The summed E-state index contributed by atoms with van der Waals surface area (Å²) in [5.41, 5.74) is 0.717. The van der Waals surface area contributed by atoms with Gasteiger partial charge in [0.2, 0.25) is 11.9 Å². The number of nitrogens with one attached hydrogen (secondary N) is 3. The number of amides is 1. The first-order valence-corrected chi connectivity index (χ1v) is 12.6. The number of nitrogens with zero attached hydrogens (tertiary/aromatic N) is 1. The van der Waals surface area contributed by atoms with Crippen molar-refractivity contribution in [1.29, 1.82) is 0 Å². The Kier molecular flexibility index (Phi) is 8.87. The summed E-state index contributed by atoms with van der Waals surface area (Å²) < 4.78 is 77.1. The molecule has 1 atom stereocenters. The highest BCUT2D eigenvalue weighted by atomic mass is 32.2. The number of carbonyl (C=O) groups excluding carboxylic acids is 1. The van der Waals surface area contributed by atoms with Gasteiger partial charge in [0, 0.05) is 23.9 Å². The fraction of sp³-hybridized carbons (Fsp3) is 0.200. The third-order valence-corrected chi connectivity index (χ3v) is 5.93. The third kappa shape index (κ3) is 8.31. The summed E-state index contributed by atoms with van der Waals surface area (Å²) in [7, 11) is -4.11. The van der Waals surface area contributed by atoms with E-state index in [-0.39, 0.29) is 23.6 Å². The summed E-state index contributed by atoms with van der Waals surface area (Å²) in [6, 6.07) is 15.0. The molecule has 0 aliphatic carbocycles. The molecule has 3 N–H and O–H groups in total. The highest BCUT2D eigenvalue weighted by molar-refractivity contribution is 7.92. The number of hydrogen-bond acceptors (Lipinski definition) is 5. The largest absolute Gasteiger partial charge is 0.433 e. The van der Waals surface area contributed by atoms with Gasteiger partial charge in [0.25, 0.3) is 10.0 Å². The van der Waals surface area contributed by atoms with E-state index in [4.69, 9.17) is 0 Å². The fourth-order valence-electron chi connectivity index (χ4n) is 3.27. The van der Waals surface area contributed by atoms with Gasteiger partial charge in [0.15, 0.2) is 0 Å². The van der Waals surface area contributed by atoms with Gasteiger partial charge in [-0.1, -0.05) is 42.5 Å². The van der Waals surface area contributed by atoms with Gasteiger partial charge >= 0.3 is 6.18 Å². The van der Waals surface area contributed by atoms with Crippen molar-refractivity contribution in [1.82, 2.24) is 10.3 Å². The van der Waals surface area contributed by atoms with Crippen molar-refractivity contribution in [2.24, 2.45) is 0 Å². The van der Waals surface area contributed by atoms with E-state index in [0.29, 0.717) is 5.56 Å². The number of alkyl halides is 4. The quantitative estimate of drug-likeness (QED) is 0.242. The zero-order valence-corrected chi connectivity index (χ0v) is 20.4. The van der Waals surface area contributed by atoms with Crippen LogP contribution in [0.2, 0.25) is 0 Å². The molecule has 0 radical (unpaired) electrons. The molecule has 1 heterocycles. The summed E-state index contributed by atoms with van der Waals surface area (Å²) in [6.45, 7) is 1.88. The van der Waals surface area contributed by atoms with Crippen LogP contribution < -0.4 is 15.4 Å². The Labute approximate surface area is 211 Å². The minimum atomic E-state index is -4.63. The first-order chi connectivity index (χ1) is 17.5.